The van der Waals surface area contributed by atoms with Crippen molar-refractivity contribution in [3.05, 3.63) is 45.5 Å². The van der Waals surface area contributed by atoms with E-state index in [0.29, 0.717) is 10.6 Å². The molecular formula is C20H16N4O9. The number of anilines is 1. The molecule has 1 fully saturated rings. The first-order valence-corrected chi connectivity index (χ1v) is 9.90. The third-order valence-corrected chi connectivity index (χ3v) is 5.41. The Morgan fingerprint density at radius 3 is 2.24 bits per heavy atom. The zero-order valence-electron chi connectivity index (χ0n) is 17.0. The highest BCUT2D eigenvalue weighted by molar-refractivity contribution is 6.13. The van der Waals surface area contributed by atoms with Crippen molar-refractivity contribution in [2.75, 3.05) is 18.0 Å². The Kier molecular flexibility index (Phi) is 5.45. The predicted molar refractivity (Wildman–Crippen MR) is 106 cm³/mol. The van der Waals surface area contributed by atoms with Gasteiger partial charge in [-0.05, 0) is 18.1 Å². The predicted octanol–water partition coefficient (Wildman–Crippen LogP) is 0.0198. The number of nitro groups is 1. The Morgan fingerprint density at radius 2 is 1.64 bits per heavy atom. The van der Waals surface area contributed by atoms with Crippen molar-refractivity contribution in [2.45, 2.75) is 25.7 Å². The first-order chi connectivity index (χ1) is 15.7. The summed E-state index contributed by atoms with van der Waals surface area (Å²) in [6.45, 7) is -0.0812. The van der Waals surface area contributed by atoms with Crippen LogP contribution in [0.1, 0.15) is 35.2 Å². The lowest BCUT2D eigenvalue weighted by molar-refractivity contribution is -0.384. The molecular weight excluding hydrogens is 440 g/mol. The topological polar surface area (TPSA) is 165 Å². The van der Waals surface area contributed by atoms with Crippen LogP contribution < -0.4 is 4.90 Å². The SMILES string of the molecule is O=C(ON1C(=O)CCC1=O)c1cc2c(c([N+](=O)[O-])c1)N(C(=O)CCN1C(=O)C=CC1=O)CC2. The van der Waals surface area contributed by atoms with E-state index in [2.05, 4.69) is 0 Å². The minimum atomic E-state index is -1.12. The summed E-state index contributed by atoms with van der Waals surface area (Å²) in [5.41, 5.74) is -0.438. The molecule has 13 heteroatoms. The van der Waals surface area contributed by atoms with Crippen molar-refractivity contribution in [3.8, 4) is 0 Å². The molecule has 4 rings (SSSR count). The van der Waals surface area contributed by atoms with Gasteiger partial charge in [0.1, 0.15) is 5.69 Å². The van der Waals surface area contributed by atoms with Crippen LogP contribution in [0.15, 0.2) is 24.3 Å². The standard InChI is InChI=1S/C20H16N4O9/c25-14-1-2-15(26)21(14)8-6-16(27)22-7-5-11-9-12(10-13(19(11)22)24(31)32)20(30)33-23-17(28)3-4-18(23)29/h1-2,9-10H,3-8H2. The zero-order chi connectivity index (χ0) is 23.9. The molecule has 0 aliphatic carbocycles. The summed E-state index contributed by atoms with van der Waals surface area (Å²) in [6, 6.07) is 2.22. The van der Waals surface area contributed by atoms with E-state index in [9.17, 15) is 38.9 Å². The molecule has 0 saturated carbocycles. The van der Waals surface area contributed by atoms with E-state index >= 15 is 0 Å². The van der Waals surface area contributed by atoms with Crippen molar-refractivity contribution < 1.29 is 38.5 Å². The summed E-state index contributed by atoms with van der Waals surface area (Å²) in [7, 11) is 0. The van der Waals surface area contributed by atoms with Gasteiger partial charge < -0.3 is 9.74 Å². The Morgan fingerprint density at radius 1 is 1.00 bits per heavy atom. The third-order valence-electron chi connectivity index (χ3n) is 5.41. The Bertz CT molecular complexity index is 1140. The van der Waals surface area contributed by atoms with Crippen LogP contribution in [0, 0.1) is 10.1 Å². The molecule has 0 radical (unpaired) electrons. The zero-order valence-corrected chi connectivity index (χ0v) is 17.0. The Balaban J connectivity index is 1.54. The maximum Gasteiger partial charge on any atom is 0.364 e. The van der Waals surface area contributed by atoms with Gasteiger partial charge in [0.05, 0.1) is 10.5 Å². The van der Waals surface area contributed by atoms with E-state index in [0.717, 1.165) is 23.1 Å². The summed E-state index contributed by atoms with van der Waals surface area (Å²) in [6.07, 6.45) is 1.95. The number of amides is 5. The van der Waals surface area contributed by atoms with Gasteiger partial charge in [-0.15, -0.1) is 5.06 Å². The fourth-order valence-corrected chi connectivity index (χ4v) is 3.82. The number of rotatable bonds is 6. The van der Waals surface area contributed by atoms with Crippen molar-refractivity contribution in [1.29, 1.82) is 0 Å². The number of carbonyl (C=O) groups is 6. The van der Waals surface area contributed by atoms with E-state index < -0.39 is 46.1 Å². The number of hydrogen-bond acceptors (Lipinski definition) is 9. The van der Waals surface area contributed by atoms with Crippen LogP contribution in [-0.2, 0) is 35.2 Å². The van der Waals surface area contributed by atoms with Crippen LogP contribution in [0.2, 0.25) is 0 Å². The second kappa shape index (κ2) is 8.26. The van der Waals surface area contributed by atoms with Gasteiger partial charge in [0.25, 0.3) is 29.3 Å². The minimum absolute atomic E-state index is 0.00655. The van der Waals surface area contributed by atoms with Crippen molar-refractivity contribution >= 4 is 46.9 Å². The number of benzene rings is 1. The number of nitrogens with zero attached hydrogens (tertiary/aromatic N) is 4. The van der Waals surface area contributed by atoms with Gasteiger partial charge in [0.2, 0.25) is 5.91 Å². The van der Waals surface area contributed by atoms with Crippen LogP contribution in [0.4, 0.5) is 11.4 Å². The molecule has 1 saturated heterocycles. The van der Waals surface area contributed by atoms with Crippen molar-refractivity contribution in [2.24, 2.45) is 0 Å². The van der Waals surface area contributed by atoms with Crippen molar-refractivity contribution in [1.82, 2.24) is 9.96 Å². The molecule has 13 nitrogen and oxygen atoms in total. The average Bonchev–Trinajstić information content (AvgIpc) is 3.44. The van der Waals surface area contributed by atoms with Gasteiger partial charge in [-0.25, -0.2) is 4.79 Å². The largest absolute Gasteiger partial charge is 0.364 e. The summed E-state index contributed by atoms with van der Waals surface area (Å²) in [5.74, 6) is -4.12. The van der Waals surface area contributed by atoms with E-state index in [-0.39, 0.29) is 50.0 Å². The van der Waals surface area contributed by atoms with Gasteiger partial charge in [-0.2, -0.15) is 0 Å². The summed E-state index contributed by atoms with van der Waals surface area (Å²) >= 11 is 0. The Labute approximate surface area is 185 Å². The van der Waals surface area contributed by atoms with Crippen LogP contribution in [0.5, 0.6) is 0 Å². The number of hydrogen-bond donors (Lipinski definition) is 0. The molecule has 3 aliphatic rings. The number of nitro benzene ring substituents is 1. The van der Waals surface area contributed by atoms with E-state index in [1.165, 1.54) is 11.0 Å². The second-order valence-electron chi connectivity index (χ2n) is 7.43. The smallest absolute Gasteiger partial charge is 0.325 e. The summed E-state index contributed by atoms with van der Waals surface area (Å²) in [4.78, 5) is 89.6. The van der Waals surface area contributed by atoms with Crippen LogP contribution in [-0.4, -0.2) is 63.5 Å². The van der Waals surface area contributed by atoms with Gasteiger partial charge in [-0.1, -0.05) is 0 Å². The lowest BCUT2D eigenvalue weighted by Crippen LogP contribution is -2.36. The molecule has 0 unspecified atom stereocenters. The molecule has 0 atom stereocenters. The number of hydroxylamine groups is 2. The lowest BCUT2D eigenvalue weighted by Gasteiger charge is -2.20. The summed E-state index contributed by atoms with van der Waals surface area (Å²) in [5, 5.41) is 12.0. The highest BCUT2D eigenvalue weighted by atomic mass is 16.7. The Hall–Kier alpha value is -4.42. The summed E-state index contributed by atoms with van der Waals surface area (Å²) < 4.78 is 0. The molecule has 1 aromatic carbocycles. The highest BCUT2D eigenvalue weighted by Crippen LogP contribution is 2.39. The molecule has 0 aromatic heterocycles. The molecule has 1 aromatic rings. The van der Waals surface area contributed by atoms with Crippen molar-refractivity contribution in [3.63, 3.8) is 0 Å². The van der Waals surface area contributed by atoms with Gasteiger partial charge in [-0.3, -0.25) is 39.0 Å². The number of imide groups is 2. The van der Waals surface area contributed by atoms with Gasteiger partial charge in [0.15, 0.2) is 0 Å². The minimum Gasteiger partial charge on any atom is -0.325 e. The fraction of sp³-hybridized carbons (Fsp3) is 0.300. The molecule has 33 heavy (non-hydrogen) atoms. The molecule has 0 bridgehead atoms. The van der Waals surface area contributed by atoms with E-state index in [1.807, 2.05) is 0 Å². The molecule has 3 aliphatic heterocycles. The third kappa shape index (κ3) is 3.95. The molecule has 5 amide bonds. The molecule has 3 heterocycles. The fourth-order valence-electron chi connectivity index (χ4n) is 3.82. The second-order valence-corrected chi connectivity index (χ2v) is 7.43. The first-order valence-electron chi connectivity index (χ1n) is 9.90. The monoisotopic (exact) mass is 456 g/mol. The van der Waals surface area contributed by atoms with Crippen LogP contribution in [0.3, 0.4) is 0 Å². The maximum absolute atomic E-state index is 12.7. The lowest BCUT2D eigenvalue weighted by atomic mass is 10.1. The number of fused-ring (bicyclic) bond motifs is 1. The number of carbonyl (C=O) groups excluding carboxylic acids is 6. The molecule has 170 valence electrons. The molecule has 0 N–H and O–H groups in total. The van der Waals surface area contributed by atoms with Gasteiger partial charge in [0, 0.05) is 50.6 Å². The quantitative estimate of drug-likeness (QED) is 0.326. The van der Waals surface area contributed by atoms with Crippen LogP contribution >= 0.6 is 0 Å². The van der Waals surface area contributed by atoms with E-state index in [4.69, 9.17) is 4.84 Å². The first kappa shape index (κ1) is 21.8. The normalized spacial score (nSPS) is 17.3. The van der Waals surface area contributed by atoms with Crippen LogP contribution in [0.25, 0.3) is 0 Å². The van der Waals surface area contributed by atoms with E-state index in [1.54, 1.807) is 0 Å². The molecule has 0 spiro atoms. The average molecular weight is 456 g/mol. The van der Waals surface area contributed by atoms with Gasteiger partial charge >= 0.3 is 5.97 Å². The maximum atomic E-state index is 12.7. The highest BCUT2D eigenvalue weighted by Gasteiger charge is 2.37.